The quantitative estimate of drug-likeness (QED) is 0.745. The monoisotopic (exact) mass is 214 g/mol. The third-order valence-electron chi connectivity index (χ3n) is 2.88. The molecule has 2 N–H and O–H groups in total. The van der Waals surface area contributed by atoms with Crippen LogP contribution in [-0.4, -0.2) is 31.8 Å². The van der Waals surface area contributed by atoms with E-state index in [1.54, 1.807) is 0 Å². The second-order valence-electron chi connectivity index (χ2n) is 4.22. The molecule has 15 heavy (non-hydrogen) atoms. The molecule has 1 aliphatic rings. The van der Waals surface area contributed by atoms with E-state index >= 15 is 0 Å². The van der Waals surface area contributed by atoms with Crippen molar-refractivity contribution >= 4 is 6.03 Å². The van der Waals surface area contributed by atoms with Gasteiger partial charge in [-0.3, -0.25) is 0 Å². The topological polar surface area (TPSA) is 50.4 Å². The third kappa shape index (κ3) is 5.02. The lowest BCUT2D eigenvalue weighted by atomic mass is 10.0. The first kappa shape index (κ1) is 12.3. The maximum Gasteiger partial charge on any atom is 0.315 e. The molecule has 0 bridgehead atoms. The summed E-state index contributed by atoms with van der Waals surface area (Å²) < 4.78 is 5.26. The summed E-state index contributed by atoms with van der Waals surface area (Å²) in [5, 5.41) is 5.80. The summed E-state index contributed by atoms with van der Waals surface area (Å²) in [6, 6.07) is 0.204. The van der Waals surface area contributed by atoms with E-state index in [4.69, 9.17) is 4.74 Å². The first-order chi connectivity index (χ1) is 7.22. The number of hydrogen-bond acceptors (Lipinski definition) is 2. The maximum atomic E-state index is 11.4. The highest BCUT2D eigenvalue weighted by Crippen LogP contribution is 2.12. The smallest absolute Gasteiger partial charge is 0.315 e. The molecule has 0 radical (unpaired) electrons. The van der Waals surface area contributed by atoms with Gasteiger partial charge >= 0.3 is 6.03 Å². The average Bonchev–Trinajstić information content (AvgIpc) is 2.27. The molecule has 88 valence electrons. The van der Waals surface area contributed by atoms with E-state index in [1.165, 1.54) is 0 Å². The van der Waals surface area contributed by atoms with E-state index in [2.05, 4.69) is 17.6 Å². The number of ether oxygens (including phenoxy) is 1. The second-order valence-corrected chi connectivity index (χ2v) is 4.22. The first-order valence-electron chi connectivity index (χ1n) is 5.84. The largest absolute Gasteiger partial charge is 0.381 e. The predicted octanol–water partition coefficient (Wildman–Crippen LogP) is 1.51. The summed E-state index contributed by atoms with van der Waals surface area (Å²) in [7, 11) is 0. The Balaban J connectivity index is 2.10. The molecular formula is C11H22N2O2. The summed E-state index contributed by atoms with van der Waals surface area (Å²) in [6.07, 6.45) is 3.08. The van der Waals surface area contributed by atoms with Crippen LogP contribution in [0, 0.1) is 5.92 Å². The van der Waals surface area contributed by atoms with Crippen molar-refractivity contribution in [2.75, 3.05) is 19.8 Å². The van der Waals surface area contributed by atoms with Gasteiger partial charge in [-0.15, -0.1) is 0 Å². The van der Waals surface area contributed by atoms with Crippen LogP contribution in [0.4, 0.5) is 4.79 Å². The van der Waals surface area contributed by atoms with Crippen LogP contribution in [0.1, 0.15) is 33.1 Å². The molecule has 0 aromatic carbocycles. The number of nitrogens with one attached hydrogen (secondary N) is 2. The van der Waals surface area contributed by atoms with E-state index in [0.717, 1.165) is 39.0 Å². The molecule has 1 unspecified atom stereocenters. The van der Waals surface area contributed by atoms with Crippen molar-refractivity contribution in [3.63, 3.8) is 0 Å². The molecule has 0 saturated carbocycles. The Kier molecular flexibility index (Phi) is 5.47. The Morgan fingerprint density at radius 3 is 2.73 bits per heavy atom. The standard InChI is InChI=1S/C11H22N2O2/c1-3-9(2)13-11(14)12-8-10-4-6-15-7-5-10/h9-10H,3-8H2,1-2H3,(H2,12,13,14). The van der Waals surface area contributed by atoms with Crippen LogP contribution in [0.15, 0.2) is 0 Å². The van der Waals surface area contributed by atoms with E-state index < -0.39 is 0 Å². The minimum Gasteiger partial charge on any atom is -0.381 e. The Morgan fingerprint density at radius 1 is 1.47 bits per heavy atom. The molecule has 1 fully saturated rings. The number of hydrogen-bond donors (Lipinski definition) is 2. The zero-order chi connectivity index (χ0) is 11.1. The molecule has 1 rings (SSSR count). The minimum absolute atomic E-state index is 0.0455. The van der Waals surface area contributed by atoms with Gasteiger partial charge in [0, 0.05) is 25.8 Å². The second kappa shape index (κ2) is 6.67. The maximum absolute atomic E-state index is 11.4. The Labute approximate surface area is 91.8 Å². The normalized spacial score (nSPS) is 19.6. The number of carbonyl (C=O) groups is 1. The SMILES string of the molecule is CCC(C)NC(=O)NCC1CCOCC1. The first-order valence-corrected chi connectivity index (χ1v) is 5.84. The van der Waals surface area contributed by atoms with Crippen molar-refractivity contribution < 1.29 is 9.53 Å². The lowest BCUT2D eigenvalue weighted by Gasteiger charge is -2.22. The van der Waals surface area contributed by atoms with Crippen LogP contribution in [0.3, 0.4) is 0 Å². The highest BCUT2D eigenvalue weighted by molar-refractivity contribution is 5.74. The zero-order valence-electron chi connectivity index (χ0n) is 9.71. The van der Waals surface area contributed by atoms with Gasteiger partial charge in [0.05, 0.1) is 0 Å². The van der Waals surface area contributed by atoms with Gasteiger partial charge in [-0.05, 0) is 32.1 Å². The molecular weight excluding hydrogens is 192 g/mol. The summed E-state index contributed by atoms with van der Waals surface area (Å²) in [4.78, 5) is 11.4. The molecule has 0 aromatic rings. The van der Waals surface area contributed by atoms with E-state index in [-0.39, 0.29) is 12.1 Å². The summed E-state index contributed by atoms with van der Waals surface area (Å²) in [6.45, 7) is 6.50. The molecule has 1 atom stereocenters. The number of carbonyl (C=O) groups excluding carboxylic acids is 1. The van der Waals surface area contributed by atoms with Crippen molar-refractivity contribution in [2.45, 2.75) is 39.2 Å². The minimum atomic E-state index is -0.0455. The van der Waals surface area contributed by atoms with Crippen LogP contribution >= 0.6 is 0 Å². The lowest BCUT2D eigenvalue weighted by molar-refractivity contribution is 0.0669. The van der Waals surface area contributed by atoms with E-state index in [0.29, 0.717) is 5.92 Å². The van der Waals surface area contributed by atoms with Crippen molar-refractivity contribution in [1.82, 2.24) is 10.6 Å². The van der Waals surface area contributed by atoms with Crippen molar-refractivity contribution in [1.29, 1.82) is 0 Å². The van der Waals surface area contributed by atoms with Crippen LogP contribution < -0.4 is 10.6 Å². The molecule has 2 amide bonds. The third-order valence-corrected chi connectivity index (χ3v) is 2.88. The Hall–Kier alpha value is -0.770. The van der Waals surface area contributed by atoms with Crippen LogP contribution in [-0.2, 0) is 4.74 Å². The fourth-order valence-electron chi connectivity index (χ4n) is 1.56. The van der Waals surface area contributed by atoms with Crippen LogP contribution in [0.25, 0.3) is 0 Å². The fourth-order valence-corrected chi connectivity index (χ4v) is 1.56. The summed E-state index contributed by atoms with van der Waals surface area (Å²) >= 11 is 0. The van der Waals surface area contributed by atoms with Crippen LogP contribution in [0.2, 0.25) is 0 Å². The fraction of sp³-hybridized carbons (Fsp3) is 0.909. The average molecular weight is 214 g/mol. The van der Waals surface area contributed by atoms with Crippen molar-refractivity contribution in [2.24, 2.45) is 5.92 Å². The Bertz CT molecular complexity index is 191. The number of rotatable bonds is 4. The van der Waals surface area contributed by atoms with Gasteiger partial charge in [-0.1, -0.05) is 6.92 Å². The predicted molar refractivity (Wildman–Crippen MR) is 59.8 cm³/mol. The molecule has 0 aromatic heterocycles. The van der Waals surface area contributed by atoms with Gasteiger partial charge in [0.25, 0.3) is 0 Å². The zero-order valence-corrected chi connectivity index (χ0v) is 9.71. The van der Waals surface area contributed by atoms with Crippen molar-refractivity contribution in [3.8, 4) is 0 Å². The molecule has 4 heteroatoms. The number of urea groups is 1. The van der Waals surface area contributed by atoms with Gasteiger partial charge in [0.2, 0.25) is 0 Å². The van der Waals surface area contributed by atoms with Gasteiger partial charge in [0.15, 0.2) is 0 Å². The molecule has 0 spiro atoms. The van der Waals surface area contributed by atoms with E-state index in [9.17, 15) is 4.79 Å². The van der Waals surface area contributed by atoms with Gasteiger partial charge < -0.3 is 15.4 Å². The van der Waals surface area contributed by atoms with Crippen LogP contribution in [0.5, 0.6) is 0 Å². The molecule has 0 aliphatic carbocycles. The Morgan fingerprint density at radius 2 is 2.13 bits per heavy atom. The van der Waals surface area contributed by atoms with Gasteiger partial charge in [-0.25, -0.2) is 4.79 Å². The highest BCUT2D eigenvalue weighted by Gasteiger charge is 2.14. The highest BCUT2D eigenvalue weighted by atomic mass is 16.5. The van der Waals surface area contributed by atoms with Gasteiger partial charge in [0.1, 0.15) is 0 Å². The summed E-state index contributed by atoms with van der Waals surface area (Å²) in [5.41, 5.74) is 0. The molecule has 4 nitrogen and oxygen atoms in total. The molecule has 1 saturated heterocycles. The number of amides is 2. The van der Waals surface area contributed by atoms with E-state index in [1.807, 2.05) is 6.92 Å². The molecule has 1 aliphatic heterocycles. The lowest BCUT2D eigenvalue weighted by Crippen LogP contribution is -2.42. The van der Waals surface area contributed by atoms with Crippen molar-refractivity contribution in [3.05, 3.63) is 0 Å². The molecule has 1 heterocycles. The van der Waals surface area contributed by atoms with Gasteiger partial charge in [-0.2, -0.15) is 0 Å². The summed E-state index contributed by atoms with van der Waals surface area (Å²) in [5.74, 6) is 0.585.